The summed E-state index contributed by atoms with van der Waals surface area (Å²) in [5.74, 6) is 1.02. The van der Waals surface area contributed by atoms with Gasteiger partial charge in [-0.25, -0.2) is 0 Å². The molecular weight excluding hydrogens is 232 g/mol. The molecule has 2 heterocycles. The van der Waals surface area contributed by atoms with Crippen LogP contribution < -0.4 is 5.32 Å². The van der Waals surface area contributed by atoms with Crippen molar-refractivity contribution in [2.75, 3.05) is 26.2 Å². The molecule has 0 aromatic rings. The Morgan fingerprint density at radius 3 is 2.00 bits per heavy atom. The van der Waals surface area contributed by atoms with Gasteiger partial charge in [-0.15, -0.1) is 0 Å². The molecule has 2 aliphatic carbocycles. The van der Waals surface area contributed by atoms with Crippen molar-refractivity contribution in [1.82, 2.24) is 10.2 Å². The zero-order valence-electron chi connectivity index (χ0n) is 12.6. The van der Waals surface area contributed by atoms with Crippen LogP contribution in [-0.4, -0.2) is 37.1 Å². The van der Waals surface area contributed by atoms with Crippen LogP contribution in [0.25, 0.3) is 0 Å². The minimum Gasteiger partial charge on any atom is -0.317 e. The topological polar surface area (TPSA) is 15.3 Å². The lowest BCUT2D eigenvalue weighted by molar-refractivity contribution is -0.0692. The first-order chi connectivity index (χ1) is 9.19. The van der Waals surface area contributed by atoms with Gasteiger partial charge in [-0.2, -0.15) is 0 Å². The van der Waals surface area contributed by atoms with E-state index in [1.807, 2.05) is 0 Å². The van der Waals surface area contributed by atoms with Gasteiger partial charge in [0, 0.05) is 6.04 Å². The Labute approximate surface area is 118 Å². The van der Waals surface area contributed by atoms with Crippen LogP contribution >= 0.6 is 0 Å². The number of nitrogens with one attached hydrogen (secondary N) is 1. The average Bonchev–Trinajstić information content (AvgIpc) is 2.36. The van der Waals surface area contributed by atoms with Gasteiger partial charge in [0.25, 0.3) is 0 Å². The summed E-state index contributed by atoms with van der Waals surface area (Å²) in [4.78, 5) is 2.85. The van der Waals surface area contributed by atoms with E-state index in [0.29, 0.717) is 0 Å². The van der Waals surface area contributed by atoms with E-state index in [4.69, 9.17) is 0 Å². The molecule has 4 rings (SSSR count). The van der Waals surface area contributed by atoms with E-state index in [0.717, 1.165) is 22.8 Å². The second kappa shape index (κ2) is 4.46. The summed E-state index contributed by atoms with van der Waals surface area (Å²) in [6.07, 6.45) is 12.0. The van der Waals surface area contributed by atoms with E-state index in [2.05, 4.69) is 17.1 Å². The zero-order chi connectivity index (χ0) is 12.9. The van der Waals surface area contributed by atoms with Crippen LogP contribution in [0, 0.1) is 16.7 Å². The number of rotatable bonds is 1. The van der Waals surface area contributed by atoms with Gasteiger partial charge < -0.3 is 10.2 Å². The highest BCUT2D eigenvalue weighted by Crippen LogP contribution is 2.55. The fourth-order valence-electron chi connectivity index (χ4n) is 5.75. The third-order valence-corrected chi connectivity index (χ3v) is 6.94. The van der Waals surface area contributed by atoms with Crippen LogP contribution in [-0.2, 0) is 0 Å². The third kappa shape index (κ3) is 2.15. The summed E-state index contributed by atoms with van der Waals surface area (Å²) >= 11 is 0. The predicted molar refractivity (Wildman–Crippen MR) is 79.2 cm³/mol. The molecule has 0 bridgehead atoms. The molecule has 1 N–H and O–H groups in total. The Hall–Kier alpha value is -0.0800. The third-order valence-electron chi connectivity index (χ3n) is 6.94. The second-order valence-electron chi connectivity index (χ2n) is 8.36. The van der Waals surface area contributed by atoms with Crippen molar-refractivity contribution in [3.05, 3.63) is 0 Å². The number of hydrogen-bond donors (Lipinski definition) is 1. The quantitative estimate of drug-likeness (QED) is 0.781. The van der Waals surface area contributed by atoms with E-state index in [9.17, 15) is 0 Å². The molecule has 108 valence electrons. The van der Waals surface area contributed by atoms with Crippen molar-refractivity contribution in [3.8, 4) is 0 Å². The van der Waals surface area contributed by atoms with Crippen molar-refractivity contribution in [2.45, 2.75) is 64.3 Å². The SMILES string of the molecule is CC1CC2(CCN(C3CC4(CCNCC4)C3)CC2)C1. The molecule has 2 spiro atoms. The molecule has 2 nitrogen and oxygen atoms in total. The van der Waals surface area contributed by atoms with Crippen molar-refractivity contribution in [3.63, 3.8) is 0 Å². The van der Waals surface area contributed by atoms with Crippen molar-refractivity contribution < 1.29 is 0 Å². The lowest BCUT2D eigenvalue weighted by Crippen LogP contribution is -2.57. The Bertz CT molecular complexity index is 321. The highest BCUT2D eigenvalue weighted by Gasteiger charge is 2.49. The molecule has 0 atom stereocenters. The zero-order valence-corrected chi connectivity index (χ0v) is 12.6. The summed E-state index contributed by atoms with van der Waals surface area (Å²) in [5, 5.41) is 3.52. The predicted octanol–water partition coefficient (Wildman–Crippen LogP) is 3.03. The molecule has 2 saturated heterocycles. The molecule has 2 saturated carbocycles. The van der Waals surface area contributed by atoms with Crippen LogP contribution in [0.2, 0.25) is 0 Å². The van der Waals surface area contributed by atoms with Gasteiger partial charge in [0.1, 0.15) is 0 Å². The van der Waals surface area contributed by atoms with E-state index in [-0.39, 0.29) is 0 Å². The summed E-state index contributed by atoms with van der Waals surface area (Å²) in [6.45, 7) is 7.79. The molecule has 2 heteroatoms. The van der Waals surface area contributed by atoms with Gasteiger partial charge in [0.2, 0.25) is 0 Å². The van der Waals surface area contributed by atoms with Crippen LogP contribution in [0.4, 0.5) is 0 Å². The van der Waals surface area contributed by atoms with E-state index in [1.54, 1.807) is 0 Å². The Morgan fingerprint density at radius 1 is 0.842 bits per heavy atom. The smallest absolute Gasteiger partial charge is 0.0106 e. The summed E-state index contributed by atoms with van der Waals surface area (Å²) in [6, 6.07) is 0.952. The van der Waals surface area contributed by atoms with Gasteiger partial charge in [-0.05, 0) is 94.3 Å². The maximum atomic E-state index is 3.52. The molecule has 0 amide bonds. The number of hydrogen-bond acceptors (Lipinski definition) is 2. The van der Waals surface area contributed by atoms with Gasteiger partial charge in [-0.3, -0.25) is 0 Å². The van der Waals surface area contributed by atoms with Crippen LogP contribution in [0.3, 0.4) is 0 Å². The monoisotopic (exact) mass is 262 g/mol. The molecule has 0 unspecified atom stereocenters. The Kier molecular flexibility index (Phi) is 2.97. The van der Waals surface area contributed by atoms with Crippen molar-refractivity contribution in [2.24, 2.45) is 16.7 Å². The van der Waals surface area contributed by atoms with Crippen LogP contribution in [0.1, 0.15) is 58.3 Å². The molecule has 2 aliphatic heterocycles. The first-order valence-electron chi connectivity index (χ1n) is 8.64. The lowest BCUT2D eigenvalue weighted by Gasteiger charge is -2.58. The van der Waals surface area contributed by atoms with Gasteiger partial charge in [-0.1, -0.05) is 6.92 Å². The largest absolute Gasteiger partial charge is 0.317 e. The fourth-order valence-corrected chi connectivity index (χ4v) is 5.75. The average molecular weight is 262 g/mol. The molecule has 0 radical (unpaired) electrons. The maximum absolute atomic E-state index is 3.52. The second-order valence-corrected chi connectivity index (χ2v) is 8.36. The standard InChI is InChI=1S/C17H30N2/c1-14-10-17(11-14)4-8-19(9-5-17)15-12-16(13-15)2-6-18-7-3-16/h14-15,18H,2-13H2,1H3. The number of likely N-dealkylation sites (tertiary alicyclic amines) is 1. The lowest BCUT2D eigenvalue weighted by atomic mass is 9.56. The van der Waals surface area contributed by atoms with Gasteiger partial charge >= 0.3 is 0 Å². The fraction of sp³-hybridized carbons (Fsp3) is 1.00. The van der Waals surface area contributed by atoms with Gasteiger partial charge in [0.05, 0.1) is 0 Å². The van der Waals surface area contributed by atoms with E-state index >= 15 is 0 Å². The van der Waals surface area contributed by atoms with E-state index < -0.39 is 0 Å². The van der Waals surface area contributed by atoms with Crippen molar-refractivity contribution >= 4 is 0 Å². The van der Waals surface area contributed by atoms with Crippen LogP contribution in [0.15, 0.2) is 0 Å². The Morgan fingerprint density at radius 2 is 1.42 bits per heavy atom. The first kappa shape index (κ1) is 12.6. The number of nitrogens with zero attached hydrogens (tertiary/aromatic N) is 1. The molecule has 4 fully saturated rings. The number of piperidine rings is 2. The summed E-state index contributed by atoms with van der Waals surface area (Å²) < 4.78 is 0. The Balaban J connectivity index is 1.27. The molecule has 4 aliphatic rings. The van der Waals surface area contributed by atoms with Crippen molar-refractivity contribution in [1.29, 1.82) is 0 Å². The van der Waals surface area contributed by atoms with Crippen LogP contribution in [0.5, 0.6) is 0 Å². The van der Waals surface area contributed by atoms with Gasteiger partial charge in [0.15, 0.2) is 0 Å². The highest BCUT2D eigenvalue weighted by atomic mass is 15.2. The summed E-state index contributed by atoms with van der Waals surface area (Å²) in [7, 11) is 0. The molecule has 19 heavy (non-hydrogen) atoms. The molecular formula is C17H30N2. The summed E-state index contributed by atoms with van der Waals surface area (Å²) in [5.41, 5.74) is 1.56. The molecule has 0 aromatic heterocycles. The first-order valence-corrected chi connectivity index (χ1v) is 8.64. The normalized spacial score (nSPS) is 38.1. The highest BCUT2D eigenvalue weighted by molar-refractivity contribution is 5.03. The maximum Gasteiger partial charge on any atom is 0.0106 e. The minimum absolute atomic E-state index is 0.760. The van der Waals surface area contributed by atoms with E-state index in [1.165, 1.54) is 77.5 Å². The minimum atomic E-state index is 0.760. The molecule has 0 aromatic carbocycles.